The minimum absolute atomic E-state index is 0.769. The molecular weight excluding hydrogens is 340 g/mol. The van der Waals surface area contributed by atoms with Gasteiger partial charge in [0.15, 0.2) is 0 Å². The molecule has 0 spiro atoms. The molecule has 0 atom stereocenters. The molecule has 27 heavy (non-hydrogen) atoms. The third-order valence-electron chi connectivity index (χ3n) is 4.98. The van der Waals surface area contributed by atoms with Crippen LogP contribution in [0.2, 0.25) is 0 Å². The molecule has 0 unspecified atom stereocenters. The zero-order chi connectivity index (χ0) is 18.9. The van der Waals surface area contributed by atoms with E-state index in [1.54, 1.807) is 14.2 Å². The van der Waals surface area contributed by atoms with E-state index in [0.29, 0.717) is 0 Å². The minimum Gasteiger partial charge on any atom is -0.497 e. The van der Waals surface area contributed by atoms with Crippen molar-refractivity contribution in [1.82, 2.24) is 9.80 Å². The SMILES string of the molecule is COc1ccc(OC)c(CN2CCN(CCCOc3ccccc3)CC2)c1. The largest absolute Gasteiger partial charge is 0.497 e. The first-order chi connectivity index (χ1) is 13.3. The van der Waals surface area contributed by atoms with Crippen molar-refractivity contribution in [2.45, 2.75) is 13.0 Å². The van der Waals surface area contributed by atoms with Crippen molar-refractivity contribution in [2.24, 2.45) is 0 Å². The highest BCUT2D eigenvalue weighted by Gasteiger charge is 2.18. The number of nitrogens with zero attached hydrogens (tertiary/aromatic N) is 2. The van der Waals surface area contributed by atoms with Crippen LogP contribution in [0.5, 0.6) is 17.2 Å². The van der Waals surface area contributed by atoms with Gasteiger partial charge in [-0.25, -0.2) is 0 Å². The third kappa shape index (κ3) is 5.88. The first-order valence-corrected chi connectivity index (χ1v) is 9.62. The topological polar surface area (TPSA) is 34.2 Å². The van der Waals surface area contributed by atoms with E-state index >= 15 is 0 Å². The van der Waals surface area contributed by atoms with E-state index in [4.69, 9.17) is 14.2 Å². The predicted octanol–water partition coefficient (Wildman–Crippen LogP) is 3.29. The molecule has 5 nitrogen and oxygen atoms in total. The lowest BCUT2D eigenvalue weighted by Gasteiger charge is -2.35. The summed E-state index contributed by atoms with van der Waals surface area (Å²) in [6.45, 7) is 7.08. The molecule has 0 N–H and O–H groups in total. The molecule has 1 fully saturated rings. The highest BCUT2D eigenvalue weighted by Crippen LogP contribution is 2.25. The van der Waals surface area contributed by atoms with Crippen LogP contribution in [0, 0.1) is 0 Å². The summed E-state index contributed by atoms with van der Waals surface area (Å²) in [6, 6.07) is 16.0. The van der Waals surface area contributed by atoms with Crippen molar-refractivity contribution in [2.75, 3.05) is 53.6 Å². The molecule has 5 heteroatoms. The Labute approximate surface area is 162 Å². The van der Waals surface area contributed by atoms with Gasteiger partial charge in [0.1, 0.15) is 17.2 Å². The Morgan fingerprint density at radius 3 is 2.26 bits per heavy atom. The van der Waals surface area contributed by atoms with Gasteiger partial charge < -0.3 is 19.1 Å². The number of methoxy groups -OCH3 is 2. The van der Waals surface area contributed by atoms with Crippen LogP contribution in [0.15, 0.2) is 48.5 Å². The Morgan fingerprint density at radius 2 is 1.56 bits per heavy atom. The van der Waals surface area contributed by atoms with E-state index < -0.39 is 0 Å². The Morgan fingerprint density at radius 1 is 0.815 bits per heavy atom. The fraction of sp³-hybridized carbons (Fsp3) is 0.455. The van der Waals surface area contributed by atoms with Crippen molar-refractivity contribution in [3.05, 3.63) is 54.1 Å². The number of benzene rings is 2. The lowest BCUT2D eigenvalue weighted by Crippen LogP contribution is -2.46. The summed E-state index contributed by atoms with van der Waals surface area (Å²) in [6.07, 6.45) is 1.05. The van der Waals surface area contributed by atoms with Gasteiger partial charge in [0.25, 0.3) is 0 Å². The van der Waals surface area contributed by atoms with Crippen LogP contribution in [0.4, 0.5) is 0 Å². The maximum Gasteiger partial charge on any atom is 0.123 e. The van der Waals surface area contributed by atoms with Gasteiger partial charge in [0.2, 0.25) is 0 Å². The molecule has 0 bridgehead atoms. The molecule has 0 radical (unpaired) electrons. The fourth-order valence-electron chi connectivity index (χ4n) is 3.41. The Bertz CT molecular complexity index is 685. The first kappa shape index (κ1) is 19.5. The molecule has 0 saturated carbocycles. The van der Waals surface area contributed by atoms with Crippen molar-refractivity contribution < 1.29 is 14.2 Å². The molecular formula is C22H30N2O3. The van der Waals surface area contributed by atoms with Gasteiger partial charge in [0, 0.05) is 44.8 Å². The lowest BCUT2D eigenvalue weighted by atomic mass is 10.1. The van der Waals surface area contributed by atoms with Gasteiger partial charge in [-0.15, -0.1) is 0 Å². The molecule has 1 aliphatic rings. The second kappa shape index (κ2) is 10.2. The standard InChI is InChI=1S/C22H30N2O3/c1-25-21-9-10-22(26-2)19(17-21)18-24-14-12-23(13-15-24)11-6-16-27-20-7-4-3-5-8-20/h3-5,7-10,17H,6,11-16,18H2,1-2H3. The van der Waals surface area contributed by atoms with E-state index in [1.807, 2.05) is 42.5 Å². The summed E-state index contributed by atoms with van der Waals surface area (Å²) in [4.78, 5) is 5.00. The highest BCUT2D eigenvalue weighted by atomic mass is 16.5. The van der Waals surface area contributed by atoms with E-state index in [2.05, 4.69) is 15.9 Å². The van der Waals surface area contributed by atoms with Crippen molar-refractivity contribution >= 4 is 0 Å². The molecule has 3 rings (SSSR count). The second-order valence-electron chi connectivity index (χ2n) is 6.81. The molecule has 0 aliphatic carbocycles. The molecule has 1 heterocycles. The van der Waals surface area contributed by atoms with E-state index in [9.17, 15) is 0 Å². The maximum absolute atomic E-state index is 5.78. The quantitative estimate of drug-likeness (QED) is 0.633. The summed E-state index contributed by atoms with van der Waals surface area (Å²) in [5.41, 5.74) is 1.18. The molecule has 1 aliphatic heterocycles. The predicted molar refractivity (Wildman–Crippen MR) is 108 cm³/mol. The number of ether oxygens (including phenoxy) is 3. The summed E-state index contributed by atoms with van der Waals surface area (Å²) >= 11 is 0. The summed E-state index contributed by atoms with van der Waals surface area (Å²) < 4.78 is 16.6. The van der Waals surface area contributed by atoms with Gasteiger partial charge in [-0.3, -0.25) is 4.90 Å². The van der Waals surface area contributed by atoms with Crippen LogP contribution in [0.3, 0.4) is 0 Å². The van der Waals surface area contributed by atoms with Gasteiger partial charge >= 0.3 is 0 Å². The number of piperazine rings is 1. The van der Waals surface area contributed by atoms with Gasteiger partial charge in [0.05, 0.1) is 20.8 Å². The van der Waals surface area contributed by atoms with Crippen LogP contribution in [-0.4, -0.2) is 63.4 Å². The van der Waals surface area contributed by atoms with Crippen LogP contribution < -0.4 is 14.2 Å². The summed E-state index contributed by atoms with van der Waals surface area (Å²) in [5.74, 6) is 2.76. The Kier molecular flexibility index (Phi) is 7.36. The van der Waals surface area contributed by atoms with E-state index in [0.717, 1.165) is 69.5 Å². The molecule has 146 valence electrons. The van der Waals surface area contributed by atoms with Crippen molar-refractivity contribution in [3.8, 4) is 17.2 Å². The van der Waals surface area contributed by atoms with Gasteiger partial charge in [-0.05, 0) is 36.8 Å². The van der Waals surface area contributed by atoms with E-state index in [1.165, 1.54) is 5.56 Å². The molecule has 1 saturated heterocycles. The van der Waals surface area contributed by atoms with Crippen LogP contribution >= 0.6 is 0 Å². The normalized spacial score (nSPS) is 15.5. The van der Waals surface area contributed by atoms with Crippen LogP contribution in [-0.2, 0) is 6.54 Å². The molecule has 2 aromatic rings. The van der Waals surface area contributed by atoms with Crippen molar-refractivity contribution in [1.29, 1.82) is 0 Å². The average molecular weight is 370 g/mol. The van der Waals surface area contributed by atoms with Gasteiger partial charge in [-0.1, -0.05) is 18.2 Å². The third-order valence-corrected chi connectivity index (χ3v) is 4.98. The van der Waals surface area contributed by atoms with E-state index in [-0.39, 0.29) is 0 Å². The molecule has 0 aromatic heterocycles. The molecule has 2 aromatic carbocycles. The average Bonchev–Trinajstić information content (AvgIpc) is 2.73. The monoisotopic (exact) mass is 370 g/mol. The minimum atomic E-state index is 0.769. The van der Waals surface area contributed by atoms with Gasteiger partial charge in [-0.2, -0.15) is 0 Å². The summed E-state index contributed by atoms with van der Waals surface area (Å²) in [5, 5.41) is 0. The first-order valence-electron chi connectivity index (χ1n) is 9.62. The Hall–Kier alpha value is -2.24. The number of hydrogen-bond donors (Lipinski definition) is 0. The number of para-hydroxylation sites is 1. The number of rotatable bonds is 9. The molecule has 0 amide bonds. The second-order valence-corrected chi connectivity index (χ2v) is 6.81. The van der Waals surface area contributed by atoms with Crippen LogP contribution in [0.25, 0.3) is 0 Å². The van der Waals surface area contributed by atoms with Crippen LogP contribution in [0.1, 0.15) is 12.0 Å². The highest BCUT2D eigenvalue weighted by molar-refractivity contribution is 5.40. The number of hydrogen-bond acceptors (Lipinski definition) is 5. The zero-order valence-corrected chi connectivity index (χ0v) is 16.4. The zero-order valence-electron chi connectivity index (χ0n) is 16.4. The maximum atomic E-state index is 5.78. The smallest absolute Gasteiger partial charge is 0.123 e. The fourth-order valence-corrected chi connectivity index (χ4v) is 3.41. The lowest BCUT2D eigenvalue weighted by molar-refractivity contribution is 0.120. The van der Waals surface area contributed by atoms with Crippen molar-refractivity contribution in [3.63, 3.8) is 0 Å². The summed E-state index contributed by atoms with van der Waals surface area (Å²) in [7, 11) is 3.42. The Balaban J connectivity index is 1.39.